The van der Waals surface area contributed by atoms with Gasteiger partial charge >= 0.3 is 5.97 Å². The van der Waals surface area contributed by atoms with Crippen molar-refractivity contribution in [3.8, 4) is 16.3 Å². The third-order valence-electron chi connectivity index (χ3n) is 3.70. The van der Waals surface area contributed by atoms with E-state index in [0.717, 1.165) is 20.8 Å². The molecule has 1 aliphatic heterocycles. The number of fused-ring (bicyclic) bond motifs is 1. The van der Waals surface area contributed by atoms with Crippen molar-refractivity contribution in [2.75, 3.05) is 19.8 Å². The van der Waals surface area contributed by atoms with E-state index in [9.17, 15) is 4.79 Å². The smallest absolute Gasteiger partial charge is 0.343 e. The van der Waals surface area contributed by atoms with Crippen LogP contribution in [0.4, 0.5) is 0 Å². The molecule has 0 aliphatic carbocycles. The van der Waals surface area contributed by atoms with Crippen molar-refractivity contribution in [1.29, 1.82) is 0 Å². The Kier molecular flexibility index (Phi) is 4.25. The molecule has 1 atom stereocenters. The maximum atomic E-state index is 12.3. The minimum absolute atomic E-state index is 0.224. The molecular formula is C18H15NO4S. The molecule has 0 amide bonds. The first kappa shape index (κ1) is 15.3. The number of benzene rings is 2. The summed E-state index contributed by atoms with van der Waals surface area (Å²) in [5, 5.41) is 0.820. The molecular weight excluding hydrogens is 326 g/mol. The third-order valence-corrected chi connectivity index (χ3v) is 4.77. The second kappa shape index (κ2) is 6.68. The highest BCUT2D eigenvalue weighted by Crippen LogP contribution is 2.35. The van der Waals surface area contributed by atoms with Gasteiger partial charge in [-0.1, -0.05) is 24.3 Å². The number of carbonyl (C=O) groups excluding carboxylic acids is 1. The SMILES string of the molecule is O=C(Oc1ccccc1-c1nc2ccccc2s1)[C@@H]1COCCO1. The van der Waals surface area contributed by atoms with Crippen molar-refractivity contribution < 1.29 is 19.0 Å². The molecule has 0 saturated carbocycles. The average Bonchev–Trinajstić information content (AvgIpc) is 3.07. The van der Waals surface area contributed by atoms with Crippen LogP contribution in [-0.4, -0.2) is 36.9 Å². The molecule has 0 spiro atoms. The molecule has 1 aliphatic rings. The quantitative estimate of drug-likeness (QED) is 0.540. The van der Waals surface area contributed by atoms with Crippen molar-refractivity contribution >= 4 is 27.5 Å². The van der Waals surface area contributed by atoms with Gasteiger partial charge in [-0.15, -0.1) is 11.3 Å². The van der Waals surface area contributed by atoms with E-state index in [1.807, 2.05) is 42.5 Å². The highest BCUT2D eigenvalue weighted by atomic mass is 32.1. The second-order valence-electron chi connectivity index (χ2n) is 5.34. The number of esters is 1. The number of para-hydroxylation sites is 2. The van der Waals surface area contributed by atoms with Crippen LogP contribution in [0.25, 0.3) is 20.8 Å². The Hall–Kier alpha value is -2.28. The fraction of sp³-hybridized carbons (Fsp3) is 0.222. The Morgan fingerprint density at radius 1 is 1.12 bits per heavy atom. The Morgan fingerprint density at radius 3 is 2.79 bits per heavy atom. The Labute approximate surface area is 142 Å². The summed E-state index contributed by atoms with van der Waals surface area (Å²) in [6, 6.07) is 15.3. The van der Waals surface area contributed by atoms with Crippen LogP contribution in [0, 0.1) is 0 Å². The predicted molar refractivity (Wildman–Crippen MR) is 91.3 cm³/mol. The van der Waals surface area contributed by atoms with Gasteiger partial charge < -0.3 is 14.2 Å². The van der Waals surface area contributed by atoms with E-state index in [1.54, 1.807) is 17.4 Å². The maximum Gasteiger partial charge on any atom is 0.343 e. The van der Waals surface area contributed by atoms with Crippen molar-refractivity contribution in [3.05, 3.63) is 48.5 Å². The third kappa shape index (κ3) is 3.03. The monoisotopic (exact) mass is 341 g/mol. The van der Waals surface area contributed by atoms with Crippen LogP contribution >= 0.6 is 11.3 Å². The van der Waals surface area contributed by atoms with Crippen LogP contribution in [0.3, 0.4) is 0 Å². The van der Waals surface area contributed by atoms with E-state index in [0.29, 0.717) is 19.0 Å². The average molecular weight is 341 g/mol. The van der Waals surface area contributed by atoms with Crippen LogP contribution in [-0.2, 0) is 14.3 Å². The molecule has 5 nitrogen and oxygen atoms in total. The van der Waals surface area contributed by atoms with Gasteiger partial charge in [-0.3, -0.25) is 0 Å². The standard InChI is InChI=1S/C18H15NO4S/c20-18(15-11-21-9-10-22-15)23-14-7-3-1-5-12(14)17-19-13-6-2-4-8-16(13)24-17/h1-8,15H,9-11H2/t15-/m0/s1. The van der Waals surface area contributed by atoms with Gasteiger partial charge in [0.2, 0.25) is 0 Å². The normalized spacial score (nSPS) is 17.8. The van der Waals surface area contributed by atoms with E-state index < -0.39 is 12.1 Å². The number of hydrogen-bond donors (Lipinski definition) is 0. The largest absolute Gasteiger partial charge is 0.424 e. The van der Waals surface area contributed by atoms with E-state index in [4.69, 9.17) is 14.2 Å². The molecule has 4 rings (SSSR count). The maximum absolute atomic E-state index is 12.3. The van der Waals surface area contributed by atoms with Gasteiger partial charge in [-0.2, -0.15) is 0 Å². The summed E-state index contributed by atoms with van der Waals surface area (Å²) >= 11 is 1.57. The summed E-state index contributed by atoms with van der Waals surface area (Å²) in [6.45, 7) is 1.13. The fourth-order valence-electron chi connectivity index (χ4n) is 2.52. The number of thiazole rings is 1. The lowest BCUT2D eigenvalue weighted by atomic mass is 10.2. The molecule has 0 unspecified atom stereocenters. The van der Waals surface area contributed by atoms with Gasteiger partial charge in [-0.25, -0.2) is 9.78 Å². The number of aromatic nitrogens is 1. The van der Waals surface area contributed by atoms with Gasteiger partial charge in [-0.05, 0) is 24.3 Å². The van der Waals surface area contributed by atoms with Gasteiger partial charge in [0.15, 0.2) is 6.10 Å². The first-order valence-corrected chi connectivity index (χ1v) is 8.49. The van der Waals surface area contributed by atoms with Gasteiger partial charge in [0.05, 0.1) is 35.6 Å². The molecule has 122 valence electrons. The van der Waals surface area contributed by atoms with Crippen LogP contribution in [0.15, 0.2) is 48.5 Å². The van der Waals surface area contributed by atoms with E-state index in [-0.39, 0.29) is 6.61 Å². The first-order chi connectivity index (χ1) is 11.8. The minimum atomic E-state index is -0.679. The van der Waals surface area contributed by atoms with Crippen molar-refractivity contribution in [3.63, 3.8) is 0 Å². The fourth-order valence-corrected chi connectivity index (χ4v) is 3.51. The number of rotatable bonds is 3. The van der Waals surface area contributed by atoms with E-state index in [2.05, 4.69) is 4.98 Å². The van der Waals surface area contributed by atoms with E-state index >= 15 is 0 Å². The minimum Gasteiger partial charge on any atom is -0.424 e. The summed E-state index contributed by atoms with van der Waals surface area (Å²) in [5.41, 5.74) is 1.73. The molecule has 24 heavy (non-hydrogen) atoms. The Morgan fingerprint density at radius 2 is 1.96 bits per heavy atom. The highest BCUT2D eigenvalue weighted by molar-refractivity contribution is 7.21. The topological polar surface area (TPSA) is 57.7 Å². The van der Waals surface area contributed by atoms with Crippen LogP contribution in [0.2, 0.25) is 0 Å². The first-order valence-electron chi connectivity index (χ1n) is 7.67. The van der Waals surface area contributed by atoms with Gasteiger partial charge in [0.25, 0.3) is 0 Å². The molecule has 2 aromatic carbocycles. The molecule has 1 fully saturated rings. The number of hydrogen-bond acceptors (Lipinski definition) is 6. The van der Waals surface area contributed by atoms with Crippen molar-refractivity contribution in [2.45, 2.75) is 6.10 Å². The molecule has 0 N–H and O–H groups in total. The zero-order valence-electron chi connectivity index (χ0n) is 12.8. The van der Waals surface area contributed by atoms with Crippen LogP contribution in [0.1, 0.15) is 0 Å². The zero-order valence-corrected chi connectivity index (χ0v) is 13.6. The second-order valence-corrected chi connectivity index (χ2v) is 6.37. The van der Waals surface area contributed by atoms with Gasteiger partial charge in [0.1, 0.15) is 10.8 Å². The molecule has 2 heterocycles. The molecule has 1 aromatic heterocycles. The van der Waals surface area contributed by atoms with Crippen molar-refractivity contribution in [2.24, 2.45) is 0 Å². The number of carbonyl (C=O) groups is 1. The Bertz CT molecular complexity index is 837. The molecule has 0 radical (unpaired) electrons. The lowest BCUT2D eigenvalue weighted by molar-refractivity contribution is -0.161. The predicted octanol–water partition coefficient (Wildman–Crippen LogP) is 3.28. The molecule has 3 aromatic rings. The summed E-state index contributed by atoms with van der Waals surface area (Å²) in [5.74, 6) is 0.0407. The van der Waals surface area contributed by atoms with Crippen molar-refractivity contribution in [1.82, 2.24) is 4.98 Å². The highest BCUT2D eigenvalue weighted by Gasteiger charge is 2.25. The molecule has 0 bridgehead atoms. The summed E-state index contributed by atoms with van der Waals surface area (Å²) in [6.07, 6.45) is -0.679. The molecule has 1 saturated heterocycles. The van der Waals surface area contributed by atoms with Crippen LogP contribution in [0.5, 0.6) is 5.75 Å². The lowest BCUT2D eigenvalue weighted by Crippen LogP contribution is -2.38. The summed E-state index contributed by atoms with van der Waals surface area (Å²) in [7, 11) is 0. The molecule has 6 heteroatoms. The number of ether oxygens (including phenoxy) is 3. The van der Waals surface area contributed by atoms with Gasteiger partial charge in [0, 0.05) is 0 Å². The summed E-state index contributed by atoms with van der Waals surface area (Å²) in [4.78, 5) is 16.9. The number of nitrogens with zero attached hydrogens (tertiary/aromatic N) is 1. The lowest BCUT2D eigenvalue weighted by Gasteiger charge is -2.21. The summed E-state index contributed by atoms with van der Waals surface area (Å²) < 4.78 is 17.3. The van der Waals surface area contributed by atoms with E-state index in [1.165, 1.54) is 0 Å². The van der Waals surface area contributed by atoms with Crippen LogP contribution < -0.4 is 4.74 Å². The Balaban J connectivity index is 1.63. The zero-order chi connectivity index (χ0) is 16.4.